The number of aromatic nitrogens is 3. The molecule has 0 fully saturated rings. The second kappa shape index (κ2) is 10.8. The van der Waals surface area contributed by atoms with Crippen LogP contribution in [0, 0.1) is 0 Å². The van der Waals surface area contributed by atoms with Gasteiger partial charge in [0, 0.05) is 56.6 Å². The van der Waals surface area contributed by atoms with Crippen LogP contribution >= 0.6 is 23.2 Å². The van der Waals surface area contributed by atoms with Crippen LogP contribution in [-0.2, 0) is 12.0 Å². The van der Waals surface area contributed by atoms with Crippen molar-refractivity contribution in [1.29, 1.82) is 0 Å². The van der Waals surface area contributed by atoms with Crippen molar-refractivity contribution in [2.24, 2.45) is 4.99 Å². The first-order valence-corrected chi connectivity index (χ1v) is 14.1. The van der Waals surface area contributed by atoms with Crippen LogP contribution in [0.25, 0.3) is 16.6 Å². The summed E-state index contributed by atoms with van der Waals surface area (Å²) in [5.74, 6) is 0. The summed E-state index contributed by atoms with van der Waals surface area (Å²) in [5.41, 5.74) is 4.61. The van der Waals surface area contributed by atoms with Crippen molar-refractivity contribution in [2.45, 2.75) is 18.1 Å². The van der Waals surface area contributed by atoms with E-state index in [1.165, 1.54) is 0 Å². The highest BCUT2D eigenvalue weighted by molar-refractivity contribution is 6.39. The Morgan fingerprint density at radius 3 is 2.37 bits per heavy atom. The quantitative estimate of drug-likeness (QED) is 0.239. The van der Waals surface area contributed by atoms with Gasteiger partial charge in [-0.3, -0.25) is 4.99 Å². The van der Waals surface area contributed by atoms with Gasteiger partial charge in [0.25, 0.3) is 0 Å². The number of hydrogen-bond acceptors (Lipinski definition) is 6. The van der Waals surface area contributed by atoms with Gasteiger partial charge in [0.2, 0.25) is 0 Å². The number of benzene rings is 3. The molecule has 6 rings (SSSR count). The number of aliphatic imine (C=N–C) groups is 1. The lowest BCUT2D eigenvalue weighted by molar-refractivity contribution is 0.0205. The summed E-state index contributed by atoms with van der Waals surface area (Å²) in [4.78, 5) is 13.1. The molecule has 9 heteroatoms. The molecular weight excluding hydrogens is 555 g/mol. The lowest BCUT2D eigenvalue weighted by atomic mass is 9.79. The Hall–Kier alpha value is -3.91. The van der Waals surface area contributed by atoms with Crippen molar-refractivity contribution in [3.63, 3.8) is 0 Å². The number of anilines is 1. The Morgan fingerprint density at radius 1 is 1.00 bits per heavy atom. The maximum Gasteiger partial charge on any atom is 0.137 e. The van der Waals surface area contributed by atoms with E-state index in [0.717, 1.165) is 33.5 Å². The summed E-state index contributed by atoms with van der Waals surface area (Å²) >= 11 is 13.7. The van der Waals surface area contributed by atoms with Crippen molar-refractivity contribution in [2.75, 3.05) is 32.6 Å². The monoisotopic (exact) mass is 584 g/mol. The molecule has 0 saturated carbocycles. The predicted octanol–water partition coefficient (Wildman–Crippen LogP) is 5.96. The first-order chi connectivity index (χ1) is 19.8. The van der Waals surface area contributed by atoms with E-state index in [2.05, 4.69) is 15.1 Å². The number of likely N-dealkylation sites (N-methyl/N-ethyl adjacent to an activating group) is 1. The molecule has 0 radical (unpaired) electrons. The van der Waals surface area contributed by atoms with E-state index in [0.29, 0.717) is 34.2 Å². The van der Waals surface area contributed by atoms with Crippen LogP contribution in [0.3, 0.4) is 0 Å². The molecule has 5 aromatic rings. The van der Waals surface area contributed by atoms with Gasteiger partial charge >= 0.3 is 0 Å². The van der Waals surface area contributed by atoms with E-state index in [4.69, 9.17) is 23.2 Å². The molecule has 2 aromatic heterocycles. The van der Waals surface area contributed by atoms with Crippen molar-refractivity contribution in [3.8, 4) is 5.69 Å². The Balaban J connectivity index is 1.41. The summed E-state index contributed by atoms with van der Waals surface area (Å²) < 4.78 is 1.81. The third-order valence-electron chi connectivity index (χ3n) is 7.83. The molecule has 1 aliphatic heterocycles. The van der Waals surface area contributed by atoms with E-state index in [1.807, 2.05) is 115 Å². The second-order valence-corrected chi connectivity index (χ2v) is 11.3. The summed E-state index contributed by atoms with van der Waals surface area (Å²) in [6, 6.07) is 23.4. The molecule has 0 bridgehead atoms. The van der Waals surface area contributed by atoms with E-state index >= 15 is 0 Å². The molecule has 41 heavy (non-hydrogen) atoms. The molecular formula is C32H30Cl2N6O. The fraction of sp³-hybridized carbons (Fsp3) is 0.219. The highest BCUT2D eigenvalue weighted by Crippen LogP contribution is 2.40. The van der Waals surface area contributed by atoms with Crippen LogP contribution in [0.1, 0.15) is 22.3 Å². The van der Waals surface area contributed by atoms with Gasteiger partial charge in [-0.05, 0) is 59.2 Å². The number of fused-ring (bicyclic) bond motifs is 1. The molecule has 0 aliphatic carbocycles. The van der Waals surface area contributed by atoms with Gasteiger partial charge in [-0.25, -0.2) is 9.67 Å². The topological polar surface area (TPSA) is 69.8 Å². The second-order valence-electron chi connectivity index (χ2n) is 10.6. The molecule has 0 spiro atoms. The van der Waals surface area contributed by atoms with Gasteiger partial charge in [0.15, 0.2) is 0 Å². The Bertz CT molecular complexity index is 1720. The first kappa shape index (κ1) is 27.3. The first-order valence-electron chi connectivity index (χ1n) is 13.3. The van der Waals surface area contributed by atoms with Gasteiger partial charge < -0.3 is 14.9 Å². The lowest BCUT2D eigenvalue weighted by Gasteiger charge is -2.38. The zero-order chi connectivity index (χ0) is 28.7. The lowest BCUT2D eigenvalue weighted by Crippen LogP contribution is -2.49. The van der Waals surface area contributed by atoms with Crippen LogP contribution in [-0.4, -0.2) is 64.8 Å². The molecule has 2 atom stereocenters. The number of pyridine rings is 1. The fourth-order valence-corrected chi connectivity index (χ4v) is 6.10. The minimum Gasteiger partial charge on any atom is -0.378 e. The number of halogens is 2. The van der Waals surface area contributed by atoms with Gasteiger partial charge in [0.05, 0.1) is 35.2 Å². The number of nitrogens with zero attached hydrogens (tertiary/aromatic N) is 6. The van der Waals surface area contributed by atoms with Crippen molar-refractivity contribution in [1.82, 2.24) is 19.7 Å². The maximum atomic E-state index is 12.5. The molecule has 1 aliphatic rings. The third-order valence-corrected chi connectivity index (χ3v) is 8.58. The normalized spacial score (nSPS) is 16.3. The minimum atomic E-state index is -1.35. The molecule has 1 N–H and O–H groups in total. The summed E-state index contributed by atoms with van der Waals surface area (Å²) in [6.45, 7) is 0.465. The Morgan fingerprint density at radius 2 is 1.73 bits per heavy atom. The molecule has 3 heterocycles. The van der Waals surface area contributed by atoms with Crippen molar-refractivity contribution < 1.29 is 5.11 Å². The molecule has 3 aromatic carbocycles. The number of hydrogen-bond donors (Lipinski definition) is 1. The standard InChI is InChI=1S/C32H30Cl2N6O/c1-38(2)24-12-7-22(8-13-24)32(41,29-19-35-20-39(29)3)23-9-14-28-26(18-23)30(33)27(31(34)37-28)17-21-5-10-25(11-6-21)40-16-4-15-36-40/h4-16,18,20,29,41H,17,19H2,1-3H3. The van der Waals surface area contributed by atoms with Crippen LogP contribution in [0.2, 0.25) is 10.2 Å². The molecule has 0 saturated heterocycles. The summed E-state index contributed by atoms with van der Waals surface area (Å²) in [7, 11) is 5.93. The fourth-order valence-electron chi connectivity index (χ4n) is 5.49. The molecule has 7 nitrogen and oxygen atoms in total. The van der Waals surface area contributed by atoms with Gasteiger partial charge in [-0.15, -0.1) is 0 Å². The van der Waals surface area contributed by atoms with Gasteiger partial charge in [-0.1, -0.05) is 53.5 Å². The van der Waals surface area contributed by atoms with E-state index in [9.17, 15) is 5.11 Å². The summed E-state index contributed by atoms with van der Waals surface area (Å²) in [6.07, 6.45) is 5.94. The molecule has 0 amide bonds. The predicted molar refractivity (Wildman–Crippen MR) is 167 cm³/mol. The van der Waals surface area contributed by atoms with Crippen molar-refractivity contribution >= 4 is 46.1 Å². The average molecular weight is 586 g/mol. The van der Waals surface area contributed by atoms with Crippen LogP contribution < -0.4 is 4.90 Å². The molecule has 2 unspecified atom stereocenters. The van der Waals surface area contributed by atoms with E-state index in [1.54, 1.807) is 12.5 Å². The highest BCUT2D eigenvalue weighted by atomic mass is 35.5. The average Bonchev–Trinajstić information content (AvgIpc) is 3.68. The maximum absolute atomic E-state index is 12.5. The van der Waals surface area contributed by atoms with Crippen LogP contribution in [0.4, 0.5) is 5.69 Å². The number of aliphatic hydroxyl groups is 1. The highest BCUT2D eigenvalue weighted by Gasteiger charge is 2.44. The Kier molecular flexibility index (Phi) is 7.20. The smallest absolute Gasteiger partial charge is 0.137 e. The van der Waals surface area contributed by atoms with Crippen LogP contribution in [0.5, 0.6) is 0 Å². The third kappa shape index (κ3) is 4.95. The van der Waals surface area contributed by atoms with Crippen molar-refractivity contribution in [3.05, 3.63) is 118 Å². The van der Waals surface area contributed by atoms with Crippen LogP contribution in [0.15, 0.2) is 90.2 Å². The SMILES string of the molecule is CN(C)c1ccc(C(O)(c2ccc3nc(Cl)c(Cc4ccc(-n5cccn5)cc4)c(Cl)c3c2)C2CN=CN2C)cc1. The van der Waals surface area contributed by atoms with Gasteiger partial charge in [-0.2, -0.15) is 5.10 Å². The number of rotatable bonds is 7. The van der Waals surface area contributed by atoms with Gasteiger partial charge in [0.1, 0.15) is 10.8 Å². The largest absolute Gasteiger partial charge is 0.378 e. The zero-order valence-electron chi connectivity index (χ0n) is 23.0. The molecule has 208 valence electrons. The van der Waals surface area contributed by atoms with E-state index < -0.39 is 5.60 Å². The zero-order valence-corrected chi connectivity index (χ0v) is 24.6. The Labute approximate surface area is 249 Å². The minimum absolute atomic E-state index is 0.294. The summed E-state index contributed by atoms with van der Waals surface area (Å²) in [5, 5.41) is 18.5. The van der Waals surface area contributed by atoms with E-state index in [-0.39, 0.29) is 6.04 Å².